The van der Waals surface area contributed by atoms with Crippen LogP contribution in [-0.2, 0) is 14.4 Å². The van der Waals surface area contributed by atoms with Crippen molar-refractivity contribution in [2.75, 3.05) is 19.6 Å². The maximum absolute atomic E-state index is 11.9. The average molecular weight is 642 g/mol. The lowest BCUT2D eigenvalue weighted by Crippen LogP contribution is -2.44. The van der Waals surface area contributed by atoms with E-state index in [-0.39, 0.29) is 5.41 Å². The lowest BCUT2D eigenvalue weighted by molar-refractivity contribution is -0.174. The topological polar surface area (TPSA) is 120 Å². The first-order valence-corrected chi connectivity index (χ1v) is 14.3. The van der Waals surface area contributed by atoms with E-state index in [1.165, 1.54) is 23.3 Å². The van der Waals surface area contributed by atoms with Crippen LogP contribution in [-0.4, -0.2) is 58.5 Å². The summed E-state index contributed by atoms with van der Waals surface area (Å²) in [7, 11) is 0. The number of piperidine rings is 1. The molecule has 3 fully saturated rings. The molecule has 0 aromatic carbocycles. The SMILES string of the molecule is CC(C)C.CC1(C)[C@@H]2CN(C(=O)CNC(=O)C(F)(F)F)C[C@@H]21.N#CC(NC=O)c1cnn2cc(C3CC3)cc(Br)c12. The van der Waals surface area contributed by atoms with Gasteiger partial charge in [0.05, 0.1) is 24.3 Å². The summed E-state index contributed by atoms with van der Waals surface area (Å²) in [6, 6.07) is 3.45. The number of rotatable bonds is 6. The van der Waals surface area contributed by atoms with E-state index in [4.69, 9.17) is 5.26 Å². The molecule has 0 radical (unpaired) electrons. The third kappa shape index (κ3) is 7.99. The molecule has 0 spiro atoms. The molecule has 0 bridgehead atoms. The van der Waals surface area contributed by atoms with Gasteiger partial charge in [-0.1, -0.05) is 34.6 Å². The van der Waals surface area contributed by atoms with Crippen molar-refractivity contribution in [2.24, 2.45) is 23.2 Å². The molecule has 13 heteroatoms. The number of fused-ring (bicyclic) bond motifs is 2. The maximum Gasteiger partial charge on any atom is 0.471 e. The molecule has 41 heavy (non-hydrogen) atoms. The summed E-state index contributed by atoms with van der Waals surface area (Å²) in [5, 5.41) is 17.5. The Hall–Kier alpha value is -3.14. The van der Waals surface area contributed by atoms with Crippen LogP contribution in [0.3, 0.4) is 0 Å². The molecular formula is C28H36BrF3N6O3. The standard InChI is InChI=1S/C13H11BrN4O.C11H15F3N2O2.C4H10/c14-11-3-9(8-1-2-8)6-18-13(11)10(5-17-18)12(4-15)16-7-19;1-10(2)6-4-16(5-7(6)10)8(17)3-15-9(18)11(12,13)14;1-4(2)3/h3,5-8,12H,1-2H2,(H,16,19);6-7H,3-5H2,1-2H3,(H,15,18);4H,1-3H3/t;6-,7+;. The van der Waals surface area contributed by atoms with Crippen molar-refractivity contribution in [2.45, 2.75) is 65.6 Å². The van der Waals surface area contributed by atoms with Crippen LogP contribution < -0.4 is 10.6 Å². The van der Waals surface area contributed by atoms with E-state index in [2.05, 4.69) is 73.1 Å². The highest BCUT2D eigenvalue weighted by Gasteiger charge is 2.62. The first-order valence-electron chi connectivity index (χ1n) is 13.5. The number of nitrogens with one attached hydrogen (secondary N) is 2. The lowest BCUT2D eigenvalue weighted by atomic mass is 10.1. The van der Waals surface area contributed by atoms with Gasteiger partial charge in [0.15, 0.2) is 0 Å². The zero-order chi connectivity index (χ0) is 30.7. The van der Waals surface area contributed by atoms with Gasteiger partial charge < -0.3 is 15.5 Å². The van der Waals surface area contributed by atoms with Gasteiger partial charge in [0, 0.05) is 29.3 Å². The number of nitriles is 1. The first-order chi connectivity index (χ1) is 19.1. The van der Waals surface area contributed by atoms with Crippen LogP contribution in [0, 0.1) is 34.5 Å². The van der Waals surface area contributed by atoms with Gasteiger partial charge in [0.25, 0.3) is 0 Å². The second kappa shape index (κ2) is 12.8. The number of amides is 3. The van der Waals surface area contributed by atoms with Crippen molar-refractivity contribution in [3.63, 3.8) is 0 Å². The summed E-state index contributed by atoms with van der Waals surface area (Å²) >= 11 is 3.54. The molecule has 2 N–H and O–H groups in total. The molecular weight excluding hydrogens is 605 g/mol. The minimum Gasteiger partial charge on any atom is -0.341 e. The largest absolute Gasteiger partial charge is 0.471 e. The second-order valence-electron chi connectivity index (χ2n) is 11.9. The van der Waals surface area contributed by atoms with Gasteiger partial charge in [0.1, 0.15) is 6.04 Å². The summed E-state index contributed by atoms with van der Waals surface area (Å²) in [6.07, 6.45) is 1.66. The molecule has 1 aliphatic heterocycles. The number of carbonyl (C=O) groups is 3. The zero-order valence-electron chi connectivity index (χ0n) is 23.8. The molecule has 224 valence electrons. The van der Waals surface area contributed by atoms with Crippen molar-refractivity contribution < 1.29 is 27.6 Å². The van der Waals surface area contributed by atoms with E-state index >= 15 is 0 Å². The minimum absolute atomic E-state index is 0.242. The lowest BCUT2D eigenvalue weighted by Gasteiger charge is -2.22. The molecule has 2 aromatic heterocycles. The van der Waals surface area contributed by atoms with Crippen LogP contribution in [0.1, 0.15) is 70.5 Å². The van der Waals surface area contributed by atoms with Crippen LogP contribution in [0.5, 0.6) is 0 Å². The van der Waals surface area contributed by atoms with E-state index in [9.17, 15) is 27.6 Å². The smallest absolute Gasteiger partial charge is 0.341 e. The Kier molecular flexibility index (Phi) is 10.1. The summed E-state index contributed by atoms with van der Waals surface area (Å²) in [5.41, 5.74) is 3.02. The quantitative estimate of drug-likeness (QED) is 0.443. The molecule has 1 unspecified atom stereocenters. The Morgan fingerprint density at radius 3 is 2.32 bits per heavy atom. The molecule has 2 aliphatic carbocycles. The number of pyridine rings is 1. The van der Waals surface area contributed by atoms with Gasteiger partial charge in [-0.15, -0.1) is 0 Å². The van der Waals surface area contributed by atoms with Crippen LogP contribution in [0.2, 0.25) is 0 Å². The monoisotopic (exact) mass is 640 g/mol. The summed E-state index contributed by atoms with van der Waals surface area (Å²) < 4.78 is 38.4. The van der Waals surface area contributed by atoms with Crippen LogP contribution >= 0.6 is 15.9 Å². The fourth-order valence-electron chi connectivity index (χ4n) is 4.93. The van der Waals surface area contributed by atoms with Crippen molar-refractivity contribution >= 4 is 39.7 Å². The number of aromatic nitrogens is 2. The van der Waals surface area contributed by atoms with E-state index in [1.54, 1.807) is 16.0 Å². The Morgan fingerprint density at radius 2 is 1.83 bits per heavy atom. The van der Waals surface area contributed by atoms with Gasteiger partial charge in [0.2, 0.25) is 12.3 Å². The maximum atomic E-state index is 11.9. The van der Waals surface area contributed by atoms with E-state index < -0.39 is 30.6 Å². The molecule has 3 heterocycles. The summed E-state index contributed by atoms with van der Waals surface area (Å²) in [6.45, 7) is 11.3. The van der Waals surface area contributed by atoms with Gasteiger partial charge in [-0.05, 0) is 69.5 Å². The molecule has 3 atom stereocenters. The molecule has 2 aromatic rings. The Bertz CT molecular complexity index is 1300. The van der Waals surface area contributed by atoms with E-state index in [0.717, 1.165) is 15.9 Å². The predicted octanol–water partition coefficient (Wildman–Crippen LogP) is 4.73. The Morgan fingerprint density at radius 1 is 1.24 bits per heavy atom. The molecule has 3 amide bonds. The summed E-state index contributed by atoms with van der Waals surface area (Å²) in [4.78, 5) is 34.2. The highest BCUT2D eigenvalue weighted by Crippen LogP contribution is 2.61. The van der Waals surface area contributed by atoms with Gasteiger partial charge in [-0.2, -0.15) is 23.5 Å². The number of alkyl halides is 3. The van der Waals surface area contributed by atoms with Crippen molar-refractivity contribution in [1.82, 2.24) is 25.1 Å². The molecule has 3 aliphatic rings. The van der Waals surface area contributed by atoms with Gasteiger partial charge >= 0.3 is 12.1 Å². The Labute approximate surface area is 245 Å². The Balaban J connectivity index is 0.000000200. The zero-order valence-corrected chi connectivity index (χ0v) is 25.3. The average Bonchev–Trinajstić information content (AvgIpc) is 3.66. The second-order valence-corrected chi connectivity index (χ2v) is 12.7. The number of nitrogens with zero attached hydrogens (tertiary/aromatic N) is 4. The van der Waals surface area contributed by atoms with Crippen LogP contribution in [0.15, 0.2) is 22.9 Å². The van der Waals surface area contributed by atoms with Gasteiger partial charge in [-0.3, -0.25) is 14.4 Å². The first kappa shape index (κ1) is 32.4. The van der Waals surface area contributed by atoms with Crippen LogP contribution in [0.25, 0.3) is 5.52 Å². The molecule has 2 saturated carbocycles. The van der Waals surface area contributed by atoms with Gasteiger partial charge in [-0.25, -0.2) is 4.52 Å². The number of likely N-dealkylation sites (tertiary alicyclic amines) is 1. The van der Waals surface area contributed by atoms with Crippen molar-refractivity contribution in [3.8, 4) is 6.07 Å². The molecule has 1 saturated heterocycles. The fraction of sp³-hybridized carbons (Fsp3) is 0.607. The highest BCUT2D eigenvalue weighted by molar-refractivity contribution is 9.10. The highest BCUT2D eigenvalue weighted by atomic mass is 79.9. The number of halogens is 4. The molecule has 9 nitrogen and oxygen atoms in total. The van der Waals surface area contributed by atoms with Crippen molar-refractivity contribution in [1.29, 1.82) is 5.26 Å². The minimum atomic E-state index is -4.94. The number of hydrogen-bond donors (Lipinski definition) is 2. The van der Waals surface area contributed by atoms with E-state index in [1.807, 2.05) is 6.20 Å². The van der Waals surface area contributed by atoms with Crippen LogP contribution in [0.4, 0.5) is 13.2 Å². The summed E-state index contributed by atoms with van der Waals surface area (Å²) in [5.74, 6) is -0.163. The molecule has 5 rings (SSSR count). The number of hydrogen-bond acceptors (Lipinski definition) is 5. The predicted molar refractivity (Wildman–Crippen MR) is 149 cm³/mol. The third-order valence-corrected chi connectivity index (χ3v) is 8.08. The third-order valence-electron chi connectivity index (χ3n) is 7.47. The normalized spacial score (nSPS) is 21.0. The fourth-order valence-corrected chi connectivity index (χ4v) is 5.61. The van der Waals surface area contributed by atoms with Crippen molar-refractivity contribution in [3.05, 3.63) is 34.1 Å². The van der Waals surface area contributed by atoms with E-state index in [0.29, 0.717) is 42.8 Å². The number of carbonyl (C=O) groups excluding carboxylic acids is 3.